The highest BCUT2D eigenvalue weighted by Crippen LogP contribution is 2.29. The van der Waals surface area contributed by atoms with Crippen LogP contribution in [0.15, 0.2) is 35.1 Å². The molecule has 0 saturated carbocycles. The number of hydrogen-bond acceptors (Lipinski definition) is 5. The molecule has 29 heavy (non-hydrogen) atoms. The van der Waals surface area contributed by atoms with Crippen molar-refractivity contribution >= 4 is 39.2 Å². The number of imidazole rings is 1. The van der Waals surface area contributed by atoms with E-state index in [1.807, 2.05) is 52.0 Å². The van der Waals surface area contributed by atoms with Crippen LogP contribution in [0.25, 0.3) is 11.0 Å². The Balaban J connectivity index is 1.56. The molecule has 0 unspecified atom stereocenters. The fourth-order valence-corrected chi connectivity index (χ4v) is 3.79. The zero-order chi connectivity index (χ0) is 21.2. The summed E-state index contributed by atoms with van der Waals surface area (Å²) in [5.41, 5.74) is 1.69. The van der Waals surface area contributed by atoms with Gasteiger partial charge in [0.1, 0.15) is 4.88 Å². The number of rotatable bonds is 6. The summed E-state index contributed by atoms with van der Waals surface area (Å²) in [6.45, 7) is 7.95. The molecule has 0 aliphatic heterocycles. The molecule has 154 valence electrons. The zero-order valence-electron chi connectivity index (χ0n) is 17.0. The molecular formula is C21H25N3O4S. The average Bonchev–Trinajstić information content (AvgIpc) is 3.17. The molecule has 0 spiro atoms. The van der Waals surface area contributed by atoms with Crippen molar-refractivity contribution < 1.29 is 14.3 Å². The van der Waals surface area contributed by atoms with Crippen LogP contribution in [0.1, 0.15) is 42.4 Å². The van der Waals surface area contributed by atoms with Gasteiger partial charge in [-0.15, -0.1) is 11.3 Å². The first-order chi connectivity index (χ1) is 13.7. The second kappa shape index (κ2) is 8.24. The number of fused-ring (bicyclic) bond motifs is 1. The maximum atomic E-state index is 12.4. The first-order valence-corrected chi connectivity index (χ1v) is 10.2. The van der Waals surface area contributed by atoms with Crippen LogP contribution in [-0.2, 0) is 16.1 Å². The zero-order valence-corrected chi connectivity index (χ0v) is 17.8. The van der Waals surface area contributed by atoms with Crippen LogP contribution >= 0.6 is 11.3 Å². The molecule has 0 atom stereocenters. The largest absolute Gasteiger partial charge is 0.461 e. The number of hydrogen-bond donors (Lipinski definition) is 2. The lowest BCUT2D eigenvalue weighted by Gasteiger charge is -2.16. The number of anilines is 1. The van der Waals surface area contributed by atoms with Gasteiger partial charge in [-0.2, -0.15) is 0 Å². The number of carbonyl (C=O) groups excluding carboxylic acids is 2. The van der Waals surface area contributed by atoms with Gasteiger partial charge >= 0.3 is 11.7 Å². The maximum Gasteiger partial charge on any atom is 0.348 e. The van der Waals surface area contributed by atoms with Gasteiger partial charge in [0, 0.05) is 12.0 Å². The monoisotopic (exact) mass is 415 g/mol. The number of H-pyrrole nitrogens is 1. The first-order valence-electron chi connectivity index (χ1n) is 9.43. The molecule has 3 rings (SSSR count). The van der Waals surface area contributed by atoms with Crippen LogP contribution in [-0.4, -0.2) is 28.0 Å². The Morgan fingerprint density at radius 2 is 1.97 bits per heavy atom. The lowest BCUT2D eigenvalue weighted by Crippen LogP contribution is -2.27. The summed E-state index contributed by atoms with van der Waals surface area (Å²) in [7, 11) is 0. The number of nitrogens with zero attached hydrogens (tertiary/aromatic N) is 1. The molecule has 1 aromatic carbocycles. The number of para-hydroxylation sites is 2. The van der Waals surface area contributed by atoms with Gasteiger partial charge < -0.3 is 15.0 Å². The van der Waals surface area contributed by atoms with Gasteiger partial charge in [-0.3, -0.25) is 9.36 Å². The Morgan fingerprint density at radius 3 is 2.69 bits per heavy atom. The smallest absolute Gasteiger partial charge is 0.348 e. The van der Waals surface area contributed by atoms with Gasteiger partial charge in [0.15, 0.2) is 0 Å². The molecule has 2 heterocycles. The number of ether oxygens (including phenoxy) is 1. The van der Waals surface area contributed by atoms with E-state index in [4.69, 9.17) is 4.74 Å². The van der Waals surface area contributed by atoms with E-state index in [9.17, 15) is 14.4 Å². The lowest BCUT2D eigenvalue weighted by molar-refractivity contribution is -0.123. The Morgan fingerprint density at radius 1 is 1.24 bits per heavy atom. The predicted octanol–water partition coefficient (Wildman–Crippen LogP) is 3.93. The van der Waals surface area contributed by atoms with Crippen molar-refractivity contribution in [3.63, 3.8) is 0 Å². The van der Waals surface area contributed by atoms with Crippen molar-refractivity contribution in [2.75, 3.05) is 11.9 Å². The van der Waals surface area contributed by atoms with Crippen molar-refractivity contribution in [2.24, 2.45) is 5.41 Å². The number of nitrogens with one attached hydrogen (secondary N) is 2. The molecule has 0 aliphatic carbocycles. The number of benzene rings is 1. The lowest BCUT2D eigenvalue weighted by atomic mass is 9.96. The molecule has 0 aliphatic rings. The Hall–Kier alpha value is -2.87. The number of thiophene rings is 1. The highest BCUT2D eigenvalue weighted by molar-refractivity contribution is 7.18. The van der Waals surface area contributed by atoms with E-state index in [2.05, 4.69) is 10.3 Å². The Bertz CT molecular complexity index is 1100. The van der Waals surface area contributed by atoms with Crippen LogP contribution in [0, 0.1) is 12.3 Å². The molecule has 2 aromatic heterocycles. The highest BCUT2D eigenvalue weighted by Gasteiger charge is 2.23. The third-order valence-corrected chi connectivity index (χ3v) is 5.59. The van der Waals surface area contributed by atoms with Crippen LogP contribution in [0.3, 0.4) is 0 Å². The van der Waals surface area contributed by atoms with Gasteiger partial charge in [0.05, 0.1) is 22.6 Å². The van der Waals surface area contributed by atoms with Crippen molar-refractivity contribution in [2.45, 2.75) is 40.7 Å². The third kappa shape index (κ3) is 4.76. The SMILES string of the molecule is Cc1cc(NC(=O)C(C)(C)C)sc1C(=O)OCCCn1c(=O)[nH]c2ccccc21. The first kappa shape index (κ1) is 20.9. The van der Waals surface area contributed by atoms with Crippen LogP contribution in [0.2, 0.25) is 0 Å². The molecule has 1 amide bonds. The van der Waals surface area contributed by atoms with Gasteiger partial charge in [0.2, 0.25) is 5.91 Å². The second-order valence-corrected chi connectivity index (χ2v) is 8.97. The second-order valence-electron chi connectivity index (χ2n) is 7.92. The molecule has 2 N–H and O–H groups in total. The molecule has 0 saturated heterocycles. The number of aromatic nitrogens is 2. The minimum absolute atomic E-state index is 0.108. The minimum atomic E-state index is -0.515. The summed E-state index contributed by atoms with van der Waals surface area (Å²) in [5.74, 6) is -0.530. The van der Waals surface area contributed by atoms with E-state index in [0.717, 1.165) is 16.6 Å². The summed E-state index contributed by atoms with van der Waals surface area (Å²) in [6, 6.07) is 9.24. The number of esters is 1. The fourth-order valence-electron chi connectivity index (χ4n) is 2.83. The van der Waals surface area contributed by atoms with E-state index in [0.29, 0.717) is 22.8 Å². The number of carbonyl (C=O) groups is 2. The van der Waals surface area contributed by atoms with Crippen LogP contribution in [0.4, 0.5) is 5.00 Å². The van der Waals surface area contributed by atoms with Crippen LogP contribution < -0.4 is 11.0 Å². The van der Waals surface area contributed by atoms with Crippen molar-refractivity contribution in [1.29, 1.82) is 0 Å². The third-order valence-electron chi connectivity index (χ3n) is 4.46. The van der Waals surface area contributed by atoms with Crippen molar-refractivity contribution in [1.82, 2.24) is 9.55 Å². The molecule has 3 aromatic rings. The van der Waals surface area contributed by atoms with E-state index < -0.39 is 11.4 Å². The van der Waals surface area contributed by atoms with E-state index in [1.165, 1.54) is 11.3 Å². The fraction of sp³-hybridized carbons (Fsp3) is 0.381. The number of aryl methyl sites for hydroxylation is 2. The molecule has 0 fully saturated rings. The molecule has 0 radical (unpaired) electrons. The number of amides is 1. The standard InChI is InChI=1S/C21H25N3O4S/c1-13-12-16(23-19(26)21(2,3)4)29-17(13)18(25)28-11-7-10-24-15-9-6-5-8-14(15)22-20(24)27/h5-6,8-9,12H,7,10-11H2,1-4H3,(H,22,27)(H,23,26). The summed E-state index contributed by atoms with van der Waals surface area (Å²) >= 11 is 1.21. The van der Waals surface area contributed by atoms with Crippen molar-refractivity contribution in [3.8, 4) is 0 Å². The van der Waals surface area contributed by atoms with E-state index in [1.54, 1.807) is 10.6 Å². The normalized spacial score (nSPS) is 11.6. The molecule has 0 bridgehead atoms. The maximum absolute atomic E-state index is 12.4. The summed E-state index contributed by atoms with van der Waals surface area (Å²) < 4.78 is 7.02. The molecular weight excluding hydrogens is 390 g/mol. The van der Waals surface area contributed by atoms with Crippen LogP contribution in [0.5, 0.6) is 0 Å². The predicted molar refractivity (Wildman–Crippen MR) is 115 cm³/mol. The highest BCUT2D eigenvalue weighted by atomic mass is 32.1. The summed E-state index contributed by atoms with van der Waals surface area (Å²) in [4.78, 5) is 39.9. The quantitative estimate of drug-likeness (QED) is 0.471. The van der Waals surface area contributed by atoms with Gasteiger partial charge in [-0.1, -0.05) is 32.9 Å². The molecule has 7 nitrogen and oxygen atoms in total. The molecule has 8 heteroatoms. The van der Waals surface area contributed by atoms with Crippen molar-refractivity contribution in [3.05, 3.63) is 51.3 Å². The topological polar surface area (TPSA) is 93.2 Å². The number of aromatic amines is 1. The summed E-state index contributed by atoms with van der Waals surface area (Å²) in [6.07, 6.45) is 0.519. The van der Waals surface area contributed by atoms with Gasteiger partial charge in [0.25, 0.3) is 0 Å². The summed E-state index contributed by atoms with van der Waals surface area (Å²) in [5, 5.41) is 3.46. The minimum Gasteiger partial charge on any atom is -0.461 e. The average molecular weight is 416 g/mol. The Labute approximate surface area is 172 Å². The van der Waals surface area contributed by atoms with Gasteiger partial charge in [-0.05, 0) is 37.1 Å². The van der Waals surface area contributed by atoms with E-state index in [-0.39, 0.29) is 18.2 Å². The Kier molecular flexibility index (Phi) is 5.93. The van der Waals surface area contributed by atoms with Gasteiger partial charge in [-0.25, -0.2) is 9.59 Å². The van der Waals surface area contributed by atoms with E-state index >= 15 is 0 Å².